The number of benzene rings is 2. The van der Waals surface area contributed by atoms with Crippen molar-refractivity contribution in [1.29, 1.82) is 0 Å². The van der Waals surface area contributed by atoms with Gasteiger partial charge in [0.15, 0.2) is 23.0 Å². The van der Waals surface area contributed by atoms with Crippen LogP contribution in [0, 0.1) is 0 Å². The van der Waals surface area contributed by atoms with Crippen LogP contribution < -0.4 is 9.47 Å². The Morgan fingerprint density at radius 1 is 1.10 bits per heavy atom. The maximum absolute atomic E-state index is 12.7. The highest BCUT2D eigenvalue weighted by Gasteiger charge is 2.18. The lowest BCUT2D eigenvalue weighted by Gasteiger charge is -2.18. The second-order valence-electron chi connectivity index (χ2n) is 6.49. The predicted molar refractivity (Wildman–Crippen MR) is 110 cm³/mol. The number of esters is 1. The van der Waals surface area contributed by atoms with E-state index in [1.165, 1.54) is 6.08 Å². The van der Waals surface area contributed by atoms with Crippen molar-refractivity contribution in [2.45, 2.75) is 6.92 Å². The van der Waals surface area contributed by atoms with E-state index < -0.39 is 5.97 Å². The van der Waals surface area contributed by atoms with Crippen LogP contribution >= 0.6 is 0 Å². The number of aromatic nitrogens is 2. The molecule has 0 amide bonds. The van der Waals surface area contributed by atoms with Crippen molar-refractivity contribution >= 4 is 17.8 Å². The van der Waals surface area contributed by atoms with E-state index in [9.17, 15) is 9.59 Å². The van der Waals surface area contributed by atoms with Crippen LogP contribution in [0.3, 0.4) is 0 Å². The van der Waals surface area contributed by atoms with E-state index in [1.54, 1.807) is 42.1 Å². The summed E-state index contributed by atoms with van der Waals surface area (Å²) in [5, 5.41) is 4.35. The molecule has 152 valence electrons. The first-order valence-electron chi connectivity index (χ1n) is 9.60. The summed E-state index contributed by atoms with van der Waals surface area (Å²) in [6.45, 7) is 2.90. The highest BCUT2D eigenvalue weighted by molar-refractivity contribution is 6.07. The number of ether oxygens (including phenoxy) is 3. The normalized spacial score (nSPS) is 12.7. The summed E-state index contributed by atoms with van der Waals surface area (Å²) < 4.78 is 17.7. The number of nitrogens with zero attached hydrogens (tertiary/aromatic N) is 2. The molecule has 0 saturated carbocycles. The molecule has 0 aliphatic carbocycles. The van der Waals surface area contributed by atoms with E-state index in [4.69, 9.17) is 14.2 Å². The first-order valence-corrected chi connectivity index (χ1v) is 9.60. The number of fused-ring (bicyclic) bond motifs is 1. The van der Waals surface area contributed by atoms with Crippen molar-refractivity contribution < 1.29 is 23.8 Å². The molecule has 0 atom stereocenters. The highest BCUT2D eigenvalue weighted by atomic mass is 16.6. The Balaban J connectivity index is 1.62. The molecule has 1 aliphatic rings. The fraction of sp³-hybridized carbons (Fsp3) is 0.174. The van der Waals surface area contributed by atoms with Gasteiger partial charge in [-0.3, -0.25) is 4.79 Å². The Labute approximate surface area is 173 Å². The van der Waals surface area contributed by atoms with Gasteiger partial charge in [0.05, 0.1) is 12.3 Å². The van der Waals surface area contributed by atoms with E-state index in [0.29, 0.717) is 35.8 Å². The van der Waals surface area contributed by atoms with Crippen LogP contribution in [0.4, 0.5) is 0 Å². The fourth-order valence-corrected chi connectivity index (χ4v) is 3.04. The molecule has 0 radical (unpaired) electrons. The molecule has 1 aromatic heterocycles. The van der Waals surface area contributed by atoms with Crippen molar-refractivity contribution in [3.63, 3.8) is 0 Å². The van der Waals surface area contributed by atoms with Gasteiger partial charge in [0.25, 0.3) is 0 Å². The Hall–Kier alpha value is -3.87. The van der Waals surface area contributed by atoms with Crippen LogP contribution in [0.15, 0.2) is 60.8 Å². The van der Waals surface area contributed by atoms with Crippen LogP contribution in [-0.2, 0) is 4.74 Å². The van der Waals surface area contributed by atoms with Gasteiger partial charge in [-0.05, 0) is 49.4 Å². The standard InChI is InChI=1S/C23H20N2O5/c1-2-28-23(27)22-17(15-25(24-22)18-6-4-3-5-7-18)8-10-19(26)16-9-11-20-21(14-16)30-13-12-29-20/h3-11,14-15H,2,12-13H2,1H3/b10-8+. The molecule has 2 heterocycles. The molecule has 2 aromatic carbocycles. The van der Waals surface area contributed by atoms with Gasteiger partial charge in [0.1, 0.15) is 13.2 Å². The summed E-state index contributed by atoms with van der Waals surface area (Å²) in [5.74, 6) is 0.396. The summed E-state index contributed by atoms with van der Waals surface area (Å²) in [6.07, 6.45) is 4.66. The molecular formula is C23H20N2O5. The molecule has 0 saturated heterocycles. The van der Waals surface area contributed by atoms with Gasteiger partial charge in [0.2, 0.25) is 0 Å². The molecule has 30 heavy (non-hydrogen) atoms. The third-order valence-electron chi connectivity index (χ3n) is 4.47. The molecule has 7 nitrogen and oxygen atoms in total. The molecule has 0 bridgehead atoms. The number of rotatable bonds is 6. The summed E-state index contributed by atoms with van der Waals surface area (Å²) in [7, 11) is 0. The first-order chi connectivity index (χ1) is 14.7. The Kier molecular flexibility index (Phi) is 5.61. The second kappa shape index (κ2) is 8.65. The minimum absolute atomic E-state index is 0.145. The SMILES string of the molecule is CCOC(=O)c1nn(-c2ccccc2)cc1/C=C/C(=O)c1ccc2c(c1)OCCO2. The topological polar surface area (TPSA) is 79.7 Å². The largest absolute Gasteiger partial charge is 0.486 e. The lowest BCUT2D eigenvalue weighted by Crippen LogP contribution is -2.15. The van der Waals surface area contributed by atoms with Crippen LogP contribution in [0.5, 0.6) is 11.5 Å². The van der Waals surface area contributed by atoms with Crippen LogP contribution in [-0.4, -0.2) is 41.4 Å². The van der Waals surface area contributed by atoms with Crippen LogP contribution in [0.1, 0.15) is 33.3 Å². The Bertz CT molecular complexity index is 1100. The molecule has 0 N–H and O–H groups in total. The minimum atomic E-state index is -0.543. The van der Waals surface area contributed by atoms with Crippen molar-refractivity contribution in [3.05, 3.63) is 77.6 Å². The van der Waals surface area contributed by atoms with Gasteiger partial charge < -0.3 is 14.2 Å². The molecule has 7 heteroatoms. The van der Waals surface area contributed by atoms with Crippen molar-refractivity contribution in [2.75, 3.05) is 19.8 Å². The minimum Gasteiger partial charge on any atom is -0.486 e. The van der Waals surface area contributed by atoms with Crippen LogP contribution in [0.2, 0.25) is 0 Å². The zero-order valence-electron chi connectivity index (χ0n) is 16.4. The monoisotopic (exact) mass is 404 g/mol. The fourth-order valence-electron chi connectivity index (χ4n) is 3.04. The third kappa shape index (κ3) is 4.10. The maximum atomic E-state index is 12.7. The molecule has 0 unspecified atom stereocenters. The molecular weight excluding hydrogens is 384 g/mol. The first kappa shape index (κ1) is 19.4. The molecule has 3 aromatic rings. The summed E-state index contributed by atoms with van der Waals surface area (Å²) >= 11 is 0. The lowest BCUT2D eigenvalue weighted by atomic mass is 10.1. The molecule has 1 aliphatic heterocycles. The summed E-state index contributed by atoms with van der Waals surface area (Å²) in [5.41, 5.74) is 1.89. The van der Waals surface area contributed by atoms with Gasteiger partial charge in [0, 0.05) is 17.3 Å². The number of para-hydroxylation sites is 1. The summed E-state index contributed by atoms with van der Waals surface area (Å²) in [4.78, 5) is 25.0. The van der Waals surface area contributed by atoms with E-state index in [0.717, 1.165) is 5.69 Å². The van der Waals surface area contributed by atoms with E-state index in [1.807, 2.05) is 30.3 Å². The molecule has 4 rings (SSSR count). The molecule has 0 fully saturated rings. The number of hydrogen-bond donors (Lipinski definition) is 0. The summed E-state index contributed by atoms with van der Waals surface area (Å²) in [6, 6.07) is 14.4. The number of allylic oxidation sites excluding steroid dienone is 1. The van der Waals surface area contributed by atoms with Crippen LogP contribution in [0.25, 0.3) is 11.8 Å². The number of carbonyl (C=O) groups excluding carboxylic acids is 2. The van der Waals surface area contributed by atoms with Crippen molar-refractivity contribution in [1.82, 2.24) is 9.78 Å². The van der Waals surface area contributed by atoms with E-state index in [-0.39, 0.29) is 18.1 Å². The Morgan fingerprint density at radius 2 is 1.87 bits per heavy atom. The van der Waals surface area contributed by atoms with E-state index >= 15 is 0 Å². The average Bonchev–Trinajstić information content (AvgIpc) is 3.22. The predicted octanol–water partition coefficient (Wildman–Crippen LogP) is 3.72. The smallest absolute Gasteiger partial charge is 0.359 e. The van der Waals surface area contributed by atoms with Gasteiger partial charge in [-0.1, -0.05) is 18.2 Å². The van der Waals surface area contributed by atoms with Gasteiger partial charge >= 0.3 is 5.97 Å². The average molecular weight is 404 g/mol. The lowest BCUT2D eigenvalue weighted by molar-refractivity contribution is 0.0518. The zero-order chi connectivity index (χ0) is 20.9. The zero-order valence-corrected chi connectivity index (χ0v) is 16.4. The van der Waals surface area contributed by atoms with Gasteiger partial charge in [-0.2, -0.15) is 5.10 Å². The second-order valence-corrected chi connectivity index (χ2v) is 6.49. The number of hydrogen-bond acceptors (Lipinski definition) is 6. The third-order valence-corrected chi connectivity index (χ3v) is 4.47. The van der Waals surface area contributed by atoms with Crippen molar-refractivity contribution in [2.24, 2.45) is 0 Å². The quantitative estimate of drug-likeness (QED) is 0.354. The Morgan fingerprint density at radius 3 is 2.63 bits per heavy atom. The number of ketones is 1. The van der Waals surface area contributed by atoms with E-state index in [2.05, 4.69) is 5.10 Å². The number of carbonyl (C=O) groups is 2. The van der Waals surface area contributed by atoms with Crippen molar-refractivity contribution in [3.8, 4) is 17.2 Å². The molecule has 0 spiro atoms. The maximum Gasteiger partial charge on any atom is 0.359 e. The van der Waals surface area contributed by atoms with Gasteiger partial charge in [-0.15, -0.1) is 0 Å². The highest BCUT2D eigenvalue weighted by Crippen LogP contribution is 2.31. The van der Waals surface area contributed by atoms with Gasteiger partial charge in [-0.25, -0.2) is 9.48 Å².